The Morgan fingerprint density at radius 2 is 0.902 bits per heavy atom. The number of fused-ring (bicyclic) bond motifs is 7. The summed E-state index contributed by atoms with van der Waals surface area (Å²) in [5.41, 5.74) is 13.9. The number of rotatable bonds is 7. The Labute approximate surface area is 358 Å². The minimum absolute atomic E-state index is 1.09. The molecule has 2 nitrogen and oxygen atoms in total. The summed E-state index contributed by atoms with van der Waals surface area (Å²) in [4.78, 5) is 2.41. The monoisotopic (exact) mass is 794 g/mol. The number of hydrogen-bond donors (Lipinski definition) is 0. The van der Waals surface area contributed by atoms with Gasteiger partial charge in [-0.25, -0.2) is 0 Å². The summed E-state index contributed by atoms with van der Waals surface area (Å²) in [5, 5.41) is 7.58. The third kappa shape index (κ3) is 6.01. The fourth-order valence-electron chi connectivity index (χ4n) is 9.29. The van der Waals surface area contributed by atoms with Crippen molar-refractivity contribution in [1.29, 1.82) is 0 Å². The highest BCUT2D eigenvalue weighted by atomic mass is 32.1. The van der Waals surface area contributed by atoms with E-state index in [1.807, 2.05) is 11.3 Å². The van der Waals surface area contributed by atoms with E-state index in [0.717, 1.165) is 33.9 Å². The van der Waals surface area contributed by atoms with Crippen LogP contribution < -0.4 is 4.90 Å². The Kier molecular flexibility index (Phi) is 8.39. The first-order valence-electron chi connectivity index (χ1n) is 20.8. The zero-order valence-electron chi connectivity index (χ0n) is 33.2. The van der Waals surface area contributed by atoms with Crippen LogP contribution >= 0.6 is 11.3 Å². The molecule has 2 heterocycles. The van der Waals surface area contributed by atoms with Gasteiger partial charge in [-0.15, -0.1) is 11.3 Å². The summed E-state index contributed by atoms with van der Waals surface area (Å²) in [7, 11) is 0. The Bertz CT molecular complexity index is 3540. The Morgan fingerprint density at radius 3 is 1.70 bits per heavy atom. The predicted octanol–water partition coefficient (Wildman–Crippen LogP) is 16.8. The maximum Gasteiger partial charge on any atom is 0.0541 e. The van der Waals surface area contributed by atoms with Crippen molar-refractivity contribution in [1.82, 2.24) is 4.57 Å². The number of aromatic nitrogens is 1. The maximum absolute atomic E-state index is 2.44. The summed E-state index contributed by atoms with van der Waals surface area (Å²) in [6.45, 7) is 0. The Balaban J connectivity index is 1.07. The molecule has 286 valence electrons. The minimum Gasteiger partial charge on any atom is -0.310 e. The molecule has 12 rings (SSSR count). The standard InChI is InChI=1S/C58H38N2S/c1-2-16-45(17-3-1)59(46-32-28-40(29-33-46)42-27-26-39-14-4-5-15-41(39)36-42)56-34-30-43(37-51(56)44-31-35-58-52(38-44)50-21-9-13-25-57(50)61-58)47-18-6-10-22-53(47)60-54-23-11-7-19-48(54)49-20-8-12-24-55(49)60/h1-38H. The van der Waals surface area contributed by atoms with Crippen molar-refractivity contribution in [3.8, 4) is 39.1 Å². The SMILES string of the molecule is c1ccc(N(c2ccc(-c3ccc4ccccc4c3)cc2)c2ccc(-c3ccccc3-n3c4ccccc4c4ccccc43)cc2-c2ccc3sc4ccccc4c3c2)cc1. The molecule has 10 aromatic carbocycles. The van der Waals surface area contributed by atoms with Gasteiger partial charge in [0.15, 0.2) is 0 Å². The largest absolute Gasteiger partial charge is 0.310 e. The maximum atomic E-state index is 2.44. The Morgan fingerprint density at radius 1 is 0.328 bits per heavy atom. The normalized spacial score (nSPS) is 11.6. The molecule has 2 aromatic heterocycles. The van der Waals surface area contributed by atoms with E-state index in [-0.39, 0.29) is 0 Å². The van der Waals surface area contributed by atoms with Crippen LogP contribution in [0.3, 0.4) is 0 Å². The van der Waals surface area contributed by atoms with E-state index in [2.05, 4.69) is 240 Å². The van der Waals surface area contributed by atoms with E-state index in [0.29, 0.717) is 0 Å². The molecule has 3 heteroatoms. The molecule has 0 spiro atoms. The van der Waals surface area contributed by atoms with E-state index in [9.17, 15) is 0 Å². The van der Waals surface area contributed by atoms with Crippen molar-refractivity contribution >= 4 is 81.1 Å². The first kappa shape index (κ1) is 35.2. The van der Waals surface area contributed by atoms with Crippen LogP contribution in [0.25, 0.3) is 91.8 Å². The number of thiophene rings is 1. The second-order valence-electron chi connectivity index (χ2n) is 15.7. The third-order valence-electron chi connectivity index (χ3n) is 12.2. The van der Waals surface area contributed by atoms with Gasteiger partial charge in [0.1, 0.15) is 0 Å². The zero-order valence-corrected chi connectivity index (χ0v) is 34.1. The summed E-state index contributed by atoms with van der Waals surface area (Å²) < 4.78 is 5.04. The van der Waals surface area contributed by atoms with Gasteiger partial charge in [-0.2, -0.15) is 0 Å². The first-order chi connectivity index (χ1) is 30.2. The fourth-order valence-corrected chi connectivity index (χ4v) is 10.4. The second kappa shape index (κ2) is 14.5. The van der Waals surface area contributed by atoms with Crippen LogP contribution in [0, 0.1) is 0 Å². The molecule has 0 amide bonds. The molecule has 0 bridgehead atoms. The number of nitrogens with zero attached hydrogens (tertiary/aromatic N) is 2. The molecule has 0 fully saturated rings. The molecule has 0 N–H and O–H groups in total. The third-order valence-corrected chi connectivity index (χ3v) is 13.3. The summed E-state index contributed by atoms with van der Waals surface area (Å²) in [6, 6.07) is 84.3. The summed E-state index contributed by atoms with van der Waals surface area (Å²) in [6.07, 6.45) is 0. The average molecular weight is 795 g/mol. The zero-order chi connectivity index (χ0) is 40.3. The van der Waals surface area contributed by atoms with E-state index in [1.165, 1.54) is 75.0 Å². The fraction of sp³-hybridized carbons (Fsp3) is 0. The van der Waals surface area contributed by atoms with E-state index in [4.69, 9.17) is 0 Å². The lowest BCUT2D eigenvalue weighted by Crippen LogP contribution is -2.11. The van der Waals surface area contributed by atoms with Gasteiger partial charge in [-0.05, 0) is 112 Å². The molecule has 0 unspecified atom stereocenters. The molecule has 0 aliphatic carbocycles. The summed E-state index contributed by atoms with van der Waals surface area (Å²) >= 11 is 1.86. The molecular weight excluding hydrogens is 757 g/mol. The van der Waals surface area contributed by atoms with Crippen molar-refractivity contribution in [3.05, 3.63) is 231 Å². The quantitative estimate of drug-likeness (QED) is 0.156. The highest BCUT2D eigenvalue weighted by molar-refractivity contribution is 7.25. The smallest absolute Gasteiger partial charge is 0.0541 e. The topological polar surface area (TPSA) is 8.17 Å². The Hall–Kier alpha value is -7.72. The first-order valence-corrected chi connectivity index (χ1v) is 21.6. The van der Waals surface area contributed by atoms with Crippen LogP contribution in [0.15, 0.2) is 231 Å². The van der Waals surface area contributed by atoms with Gasteiger partial charge in [0.25, 0.3) is 0 Å². The second-order valence-corrected chi connectivity index (χ2v) is 16.8. The van der Waals surface area contributed by atoms with Gasteiger partial charge in [-0.1, -0.05) is 152 Å². The molecule has 0 radical (unpaired) electrons. The lowest BCUT2D eigenvalue weighted by atomic mass is 9.94. The predicted molar refractivity (Wildman–Crippen MR) is 262 cm³/mol. The minimum atomic E-state index is 1.09. The van der Waals surface area contributed by atoms with Crippen LogP contribution in [0.2, 0.25) is 0 Å². The number of para-hydroxylation sites is 4. The van der Waals surface area contributed by atoms with Gasteiger partial charge in [0.05, 0.1) is 22.4 Å². The number of benzene rings is 10. The van der Waals surface area contributed by atoms with Gasteiger partial charge >= 0.3 is 0 Å². The average Bonchev–Trinajstić information content (AvgIpc) is 3.88. The molecule has 0 atom stereocenters. The van der Waals surface area contributed by atoms with Crippen molar-refractivity contribution < 1.29 is 0 Å². The highest BCUT2D eigenvalue weighted by Gasteiger charge is 2.21. The van der Waals surface area contributed by atoms with E-state index in [1.54, 1.807) is 0 Å². The lowest BCUT2D eigenvalue weighted by molar-refractivity contribution is 1.18. The van der Waals surface area contributed by atoms with Crippen LogP contribution in [-0.2, 0) is 0 Å². The van der Waals surface area contributed by atoms with Crippen LogP contribution in [0.4, 0.5) is 17.1 Å². The molecule has 0 saturated heterocycles. The van der Waals surface area contributed by atoms with Crippen molar-refractivity contribution in [3.63, 3.8) is 0 Å². The van der Waals surface area contributed by atoms with E-state index >= 15 is 0 Å². The van der Waals surface area contributed by atoms with E-state index < -0.39 is 0 Å². The molecule has 0 aliphatic rings. The number of hydrogen-bond acceptors (Lipinski definition) is 2. The van der Waals surface area contributed by atoms with Crippen LogP contribution in [0.5, 0.6) is 0 Å². The molecule has 61 heavy (non-hydrogen) atoms. The van der Waals surface area contributed by atoms with Crippen molar-refractivity contribution in [2.75, 3.05) is 4.90 Å². The molecule has 0 aliphatic heterocycles. The molecule has 12 aromatic rings. The van der Waals surface area contributed by atoms with Gasteiger partial charge < -0.3 is 9.47 Å². The van der Waals surface area contributed by atoms with Crippen LogP contribution in [-0.4, -0.2) is 4.57 Å². The van der Waals surface area contributed by atoms with Crippen molar-refractivity contribution in [2.24, 2.45) is 0 Å². The van der Waals surface area contributed by atoms with Gasteiger partial charge in [-0.3, -0.25) is 0 Å². The number of anilines is 3. The summed E-state index contributed by atoms with van der Waals surface area (Å²) in [5.74, 6) is 0. The van der Waals surface area contributed by atoms with Crippen LogP contribution in [0.1, 0.15) is 0 Å². The highest BCUT2D eigenvalue weighted by Crippen LogP contribution is 2.46. The van der Waals surface area contributed by atoms with Crippen molar-refractivity contribution in [2.45, 2.75) is 0 Å². The van der Waals surface area contributed by atoms with Gasteiger partial charge in [0.2, 0.25) is 0 Å². The van der Waals surface area contributed by atoms with Gasteiger partial charge in [0, 0.05) is 53.4 Å². The lowest BCUT2D eigenvalue weighted by Gasteiger charge is -2.29. The molecular formula is C58H38N2S. The molecule has 0 saturated carbocycles.